The third-order valence-electron chi connectivity index (χ3n) is 2.90. The maximum Gasteiger partial charge on any atom is 0.254 e. The van der Waals surface area contributed by atoms with Crippen LogP contribution in [-0.2, 0) is 9.59 Å². The molecule has 1 N–H and O–H groups in total. The van der Waals surface area contributed by atoms with Gasteiger partial charge in [-0.2, -0.15) is 0 Å². The van der Waals surface area contributed by atoms with Crippen LogP contribution >= 0.6 is 0 Å². The number of imide groups is 1. The Bertz CT molecular complexity index is 553. The van der Waals surface area contributed by atoms with Crippen LogP contribution in [0.5, 0.6) is 5.75 Å². The van der Waals surface area contributed by atoms with Gasteiger partial charge in [0, 0.05) is 5.56 Å². The Hall–Kier alpha value is -2.37. The van der Waals surface area contributed by atoms with Crippen molar-refractivity contribution in [2.75, 3.05) is 19.7 Å². The normalized spacial score (nSPS) is 15.1. The maximum atomic E-state index is 12.3. The predicted octanol–water partition coefficient (Wildman–Crippen LogP) is 0.820. The number of hydrogen-bond acceptors (Lipinski definition) is 4. The van der Waals surface area contributed by atoms with Crippen LogP contribution in [-0.4, -0.2) is 42.3 Å². The van der Waals surface area contributed by atoms with E-state index in [1.807, 2.05) is 13.8 Å². The van der Waals surface area contributed by atoms with Gasteiger partial charge in [-0.05, 0) is 24.1 Å². The molecule has 1 saturated heterocycles. The molecule has 0 aromatic heterocycles. The first-order chi connectivity index (χ1) is 9.95. The highest BCUT2D eigenvalue weighted by atomic mass is 16.5. The highest BCUT2D eigenvalue weighted by molar-refractivity contribution is 6.05. The van der Waals surface area contributed by atoms with E-state index >= 15 is 0 Å². The Labute approximate surface area is 123 Å². The summed E-state index contributed by atoms with van der Waals surface area (Å²) in [7, 11) is 0. The molecular weight excluding hydrogens is 272 g/mol. The van der Waals surface area contributed by atoms with Gasteiger partial charge >= 0.3 is 0 Å². The van der Waals surface area contributed by atoms with E-state index in [0.29, 0.717) is 23.8 Å². The van der Waals surface area contributed by atoms with E-state index in [0.717, 1.165) is 0 Å². The minimum absolute atomic E-state index is 0.109. The van der Waals surface area contributed by atoms with Gasteiger partial charge in [0.25, 0.3) is 5.91 Å². The molecule has 1 heterocycles. The average molecular weight is 290 g/mol. The van der Waals surface area contributed by atoms with Crippen molar-refractivity contribution in [2.24, 2.45) is 5.92 Å². The maximum absolute atomic E-state index is 12.3. The summed E-state index contributed by atoms with van der Waals surface area (Å²) < 4.78 is 5.57. The summed E-state index contributed by atoms with van der Waals surface area (Å²) in [4.78, 5) is 36.2. The fourth-order valence-electron chi connectivity index (χ4n) is 1.95. The summed E-state index contributed by atoms with van der Waals surface area (Å²) in [5.74, 6) is -0.304. The Kier molecular flexibility index (Phi) is 4.57. The van der Waals surface area contributed by atoms with Crippen molar-refractivity contribution < 1.29 is 19.1 Å². The van der Waals surface area contributed by atoms with Crippen LogP contribution in [0.1, 0.15) is 24.2 Å². The number of benzene rings is 1. The van der Waals surface area contributed by atoms with Gasteiger partial charge < -0.3 is 9.64 Å². The molecule has 1 aromatic rings. The number of carbonyl (C=O) groups is 3. The molecule has 2 rings (SSSR count). The van der Waals surface area contributed by atoms with Crippen molar-refractivity contribution in [2.45, 2.75) is 13.8 Å². The number of ether oxygens (including phenoxy) is 1. The topological polar surface area (TPSA) is 75.7 Å². The number of amides is 3. The van der Waals surface area contributed by atoms with Gasteiger partial charge in [0.05, 0.1) is 6.61 Å². The van der Waals surface area contributed by atoms with Crippen LogP contribution in [0.2, 0.25) is 0 Å². The number of nitrogens with zero attached hydrogens (tertiary/aromatic N) is 1. The summed E-state index contributed by atoms with van der Waals surface area (Å²) in [5, 5.41) is 2.16. The number of carbonyl (C=O) groups excluding carboxylic acids is 3. The second-order valence-electron chi connectivity index (χ2n) is 5.37. The van der Waals surface area contributed by atoms with Crippen LogP contribution < -0.4 is 10.1 Å². The lowest BCUT2D eigenvalue weighted by atomic mass is 10.1. The molecule has 21 heavy (non-hydrogen) atoms. The highest BCUT2D eigenvalue weighted by Crippen LogP contribution is 2.16. The fourth-order valence-corrected chi connectivity index (χ4v) is 1.95. The van der Waals surface area contributed by atoms with E-state index in [1.165, 1.54) is 4.90 Å². The zero-order chi connectivity index (χ0) is 15.4. The molecule has 0 saturated carbocycles. The molecule has 0 bridgehead atoms. The van der Waals surface area contributed by atoms with Crippen LogP contribution in [0.3, 0.4) is 0 Å². The van der Waals surface area contributed by atoms with Crippen molar-refractivity contribution in [1.29, 1.82) is 0 Å². The molecule has 1 aliphatic rings. The van der Waals surface area contributed by atoms with Gasteiger partial charge in [-0.1, -0.05) is 19.9 Å². The van der Waals surface area contributed by atoms with Crippen LogP contribution in [0.4, 0.5) is 0 Å². The van der Waals surface area contributed by atoms with Gasteiger partial charge in [-0.25, -0.2) is 0 Å². The number of hydrogen-bond donors (Lipinski definition) is 1. The van der Waals surface area contributed by atoms with Gasteiger partial charge in [-0.15, -0.1) is 0 Å². The monoisotopic (exact) mass is 290 g/mol. The Morgan fingerprint density at radius 3 is 2.57 bits per heavy atom. The van der Waals surface area contributed by atoms with Crippen LogP contribution in [0.15, 0.2) is 24.3 Å². The van der Waals surface area contributed by atoms with E-state index in [4.69, 9.17) is 4.74 Å². The number of piperazine rings is 1. The Morgan fingerprint density at radius 1 is 1.29 bits per heavy atom. The van der Waals surface area contributed by atoms with Crippen molar-refractivity contribution in [3.05, 3.63) is 29.8 Å². The molecule has 112 valence electrons. The zero-order valence-electron chi connectivity index (χ0n) is 12.1. The highest BCUT2D eigenvalue weighted by Gasteiger charge is 2.27. The van der Waals surface area contributed by atoms with E-state index in [-0.39, 0.29) is 19.0 Å². The van der Waals surface area contributed by atoms with Gasteiger partial charge in [0.15, 0.2) is 0 Å². The quantitative estimate of drug-likeness (QED) is 0.833. The molecule has 6 heteroatoms. The van der Waals surface area contributed by atoms with Crippen molar-refractivity contribution in [3.63, 3.8) is 0 Å². The molecule has 1 aliphatic heterocycles. The molecule has 0 radical (unpaired) electrons. The van der Waals surface area contributed by atoms with Gasteiger partial charge in [-0.3, -0.25) is 19.7 Å². The zero-order valence-corrected chi connectivity index (χ0v) is 12.1. The first-order valence-electron chi connectivity index (χ1n) is 6.80. The molecule has 0 atom stereocenters. The third kappa shape index (κ3) is 4.05. The van der Waals surface area contributed by atoms with Gasteiger partial charge in [0.2, 0.25) is 11.8 Å². The van der Waals surface area contributed by atoms with E-state index in [1.54, 1.807) is 24.3 Å². The van der Waals surface area contributed by atoms with E-state index in [2.05, 4.69) is 5.32 Å². The smallest absolute Gasteiger partial charge is 0.254 e. The van der Waals surface area contributed by atoms with Crippen molar-refractivity contribution >= 4 is 17.7 Å². The van der Waals surface area contributed by atoms with Crippen LogP contribution in [0.25, 0.3) is 0 Å². The second-order valence-corrected chi connectivity index (χ2v) is 5.37. The Morgan fingerprint density at radius 2 is 1.95 bits per heavy atom. The molecule has 0 spiro atoms. The Balaban J connectivity index is 2.10. The summed E-state index contributed by atoms with van der Waals surface area (Å²) in [6, 6.07) is 6.76. The molecule has 0 aliphatic carbocycles. The lowest BCUT2D eigenvalue weighted by Gasteiger charge is -2.25. The minimum Gasteiger partial charge on any atom is -0.493 e. The summed E-state index contributed by atoms with van der Waals surface area (Å²) in [6.07, 6.45) is 0. The molecule has 3 amide bonds. The van der Waals surface area contributed by atoms with Crippen molar-refractivity contribution in [3.8, 4) is 5.75 Å². The van der Waals surface area contributed by atoms with Gasteiger partial charge in [0.1, 0.15) is 18.8 Å². The lowest BCUT2D eigenvalue weighted by molar-refractivity contribution is -0.135. The molecular formula is C15H18N2O4. The summed E-state index contributed by atoms with van der Waals surface area (Å²) in [5.41, 5.74) is 0.402. The summed E-state index contributed by atoms with van der Waals surface area (Å²) >= 11 is 0. The standard InChI is InChI=1S/C15H18N2O4/c1-10(2)9-21-12-5-3-4-11(6-12)15(20)17-7-13(18)16-14(19)8-17/h3-6,10H,7-9H2,1-2H3,(H,16,18,19). The van der Waals surface area contributed by atoms with E-state index in [9.17, 15) is 14.4 Å². The first kappa shape index (κ1) is 15.0. The molecule has 1 aromatic carbocycles. The summed E-state index contributed by atoms with van der Waals surface area (Å²) in [6.45, 7) is 4.41. The van der Waals surface area contributed by atoms with E-state index < -0.39 is 11.8 Å². The predicted molar refractivity (Wildman–Crippen MR) is 75.8 cm³/mol. The first-order valence-corrected chi connectivity index (χ1v) is 6.80. The second kappa shape index (κ2) is 6.39. The largest absolute Gasteiger partial charge is 0.493 e. The SMILES string of the molecule is CC(C)COc1cccc(C(=O)N2CC(=O)NC(=O)C2)c1. The minimum atomic E-state index is -0.466. The van der Waals surface area contributed by atoms with Crippen LogP contribution in [0, 0.1) is 5.92 Å². The lowest BCUT2D eigenvalue weighted by Crippen LogP contribution is -2.53. The third-order valence-corrected chi connectivity index (χ3v) is 2.90. The number of rotatable bonds is 4. The van der Waals surface area contributed by atoms with Crippen molar-refractivity contribution in [1.82, 2.24) is 10.2 Å². The fraction of sp³-hybridized carbons (Fsp3) is 0.400. The molecule has 6 nitrogen and oxygen atoms in total. The number of nitrogens with one attached hydrogen (secondary N) is 1. The average Bonchev–Trinajstić information content (AvgIpc) is 2.43. The molecule has 1 fully saturated rings. The molecule has 0 unspecified atom stereocenters.